The Kier molecular flexibility index (Phi) is 4.80. The van der Waals surface area contributed by atoms with Gasteiger partial charge in [0.2, 0.25) is 0 Å². The standard InChI is InChI=1S/C10H13FN2O4/c11-8-7(10(16)17)1-2-12-9(8)13(3-5-14)4-6-15/h1-2,14-15H,3-6H2,(H,16,17). The first-order valence-corrected chi connectivity index (χ1v) is 4.96. The van der Waals surface area contributed by atoms with Gasteiger partial charge in [-0.1, -0.05) is 0 Å². The van der Waals surface area contributed by atoms with E-state index in [1.807, 2.05) is 0 Å². The topological polar surface area (TPSA) is 93.9 Å². The third-order valence-electron chi connectivity index (χ3n) is 2.14. The number of aromatic nitrogens is 1. The van der Waals surface area contributed by atoms with Crippen molar-refractivity contribution in [3.8, 4) is 0 Å². The molecule has 0 aliphatic heterocycles. The maximum Gasteiger partial charge on any atom is 0.338 e. The largest absolute Gasteiger partial charge is 0.478 e. The predicted octanol–water partition coefficient (Wildman–Crippen LogP) is -0.290. The van der Waals surface area contributed by atoms with Crippen molar-refractivity contribution in [3.05, 3.63) is 23.6 Å². The highest BCUT2D eigenvalue weighted by molar-refractivity contribution is 5.88. The minimum Gasteiger partial charge on any atom is -0.478 e. The molecule has 3 N–H and O–H groups in total. The number of carboxylic acids is 1. The quantitative estimate of drug-likeness (QED) is 0.636. The van der Waals surface area contributed by atoms with Crippen LogP contribution in [0.15, 0.2) is 12.3 Å². The van der Waals surface area contributed by atoms with Gasteiger partial charge in [-0.25, -0.2) is 14.2 Å². The average Bonchev–Trinajstić information content (AvgIpc) is 2.29. The Morgan fingerprint density at radius 1 is 1.35 bits per heavy atom. The van der Waals surface area contributed by atoms with Crippen LogP contribution in [0.3, 0.4) is 0 Å². The zero-order valence-electron chi connectivity index (χ0n) is 9.01. The first-order chi connectivity index (χ1) is 8.11. The van der Waals surface area contributed by atoms with Crippen LogP contribution >= 0.6 is 0 Å². The number of hydrogen-bond donors (Lipinski definition) is 3. The zero-order chi connectivity index (χ0) is 12.8. The van der Waals surface area contributed by atoms with Crippen molar-refractivity contribution >= 4 is 11.8 Å². The molecule has 0 radical (unpaired) electrons. The van der Waals surface area contributed by atoms with Gasteiger partial charge in [-0.2, -0.15) is 0 Å². The van der Waals surface area contributed by atoms with Crippen LogP contribution in [-0.2, 0) is 0 Å². The monoisotopic (exact) mass is 244 g/mol. The Bertz CT molecular complexity index is 394. The summed E-state index contributed by atoms with van der Waals surface area (Å²) in [5.74, 6) is -2.55. The fraction of sp³-hybridized carbons (Fsp3) is 0.400. The molecule has 0 amide bonds. The fourth-order valence-electron chi connectivity index (χ4n) is 1.38. The minimum atomic E-state index is -1.39. The number of rotatable bonds is 6. The summed E-state index contributed by atoms with van der Waals surface area (Å²) in [4.78, 5) is 15.7. The van der Waals surface area contributed by atoms with Crippen LogP contribution in [-0.4, -0.2) is 52.6 Å². The van der Waals surface area contributed by atoms with Crippen LogP contribution in [0.4, 0.5) is 10.2 Å². The number of anilines is 1. The van der Waals surface area contributed by atoms with Crippen molar-refractivity contribution in [2.75, 3.05) is 31.2 Å². The maximum absolute atomic E-state index is 13.8. The van der Waals surface area contributed by atoms with Crippen molar-refractivity contribution < 1.29 is 24.5 Å². The third-order valence-corrected chi connectivity index (χ3v) is 2.14. The van der Waals surface area contributed by atoms with Gasteiger partial charge in [-0.3, -0.25) is 0 Å². The van der Waals surface area contributed by atoms with Crippen LogP contribution in [0.5, 0.6) is 0 Å². The van der Waals surface area contributed by atoms with Gasteiger partial charge in [0.05, 0.1) is 13.2 Å². The second-order valence-corrected chi connectivity index (χ2v) is 3.24. The molecule has 0 saturated heterocycles. The molecule has 17 heavy (non-hydrogen) atoms. The van der Waals surface area contributed by atoms with Gasteiger partial charge in [-0.15, -0.1) is 0 Å². The molecule has 0 aromatic carbocycles. The summed E-state index contributed by atoms with van der Waals surface area (Å²) < 4.78 is 13.8. The van der Waals surface area contributed by atoms with E-state index >= 15 is 0 Å². The molecule has 1 heterocycles. The molecule has 1 aromatic rings. The van der Waals surface area contributed by atoms with E-state index in [1.165, 1.54) is 11.1 Å². The molecule has 0 saturated carbocycles. The lowest BCUT2D eigenvalue weighted by atomic mass is 10.2. The van der Waals surface area contributed by atoms with Crippen LogP contribution in [0, 0.1) is 5.82 Å². The van der Waals surface area contributed by atoms with Gasteiger partial charge in [-0.05, 0) is 6.07 Å². The SMILES string of the molecule is O=C(O)c1ccnc(N(CCO)CCO)c1F. The highest BCUT2D eigenvalue weighted by Crippen LogP contribution is 2.19. The number of aromatic carboxylic acids is 1. The van der Waals surface area contributed by atoms with E-state index in [1.54, 1.807) is 0 Å². The molecule has 0 aliphatic carbocycles. The normalized spacial score (nSPS) is 10.3. The van der Waals surface area contributed by atoms with Crippen LogP contribution in [0.2, 0.25) is 0 Å². The van der Waals surface area contributed by atoms with E-state index in [0.717, 1.165) is 6.07 Å². The summed E-state index contributed by atoms with van der Waals surface area (Å²) in [6.07, 6.45) is 1.17. The molecule has 0 bridgehead atoms. The summed E-state index contributed by atoms with van der Waals surface area (Å²) in [5, 5.41) is 26.4. The highest BCUT2D eigenvalue weighted by atomic mass is 19.1. The lowest BCUT2D eigenvalue weighted by Gasteiger charge is -2.22. The lowest BCUT2D eigenvalue weighted by molar-refractivity contribution is 0.0691. The number of pyridine rings is 1. The lowest BCUT2D eigenvalue weighted by Crippen LogP contribution is -2.31. The van der Waals surface area contributed by atoms with Crippen LogP contribution in [0.1, 0.15) is 10.4 Å². The van der Waals surface area contributed by atoms with Gasteiger partial charge >= 0.3 is 5.97 Å². The first kappa shape index (κ1) is 13.3. The molecule has 0 fully saturated rings. The number of hydrogen-bond acceptors (Lipinski definition) is 5. The van der Waals surface area contributed by atoms with Gasteiger partial charge in [0.25, 0.3) is 0 Å². The second-order valence-electron chi connectivity index (χ2n) is 3.24. The zero-order valence-corrected chi connectivity index (χ0v) is 9.01. The second kappa shape index (κ2) is 6.12. The molecule has 0 atom stereocenters. The molecular formula is C10H13FN2O4. The summed E-state index contributed by atoms with van der Waals surface area (Å²) in [6, 6.07) is 1.05. The number of halogens is 1. The molecule has 7 heteroatoms. The minimum absolute atomic E-state index is 0.0630. The molecule has 1 rings (SSSR count). The van der Waals surface area contributed by atoms with Crippen molar-refractivity contribution in [3.63, 3.8) is 0 Å². The first-order valence-electron chi connectivity index (χ1n) is 4.96. The maximum atomic E-state index is 13.8. The Morgan fingerprint density at radius 3 is 2.41 bits per heavy atom. The number of aliphatic hydroxyl groups is 2. The van der Waals surface area contributed by atoms with E-state index in [4.69, 9.17) is 15.3 Å². The van der Waals surface area contributed by atoms with Crippen molar-refractivity contribution in [2.45, 2.75) is 0 Å². The van der Waals surface area contributed by atoms with E-state index in [0.29, 0.717) is 0 Å². The Labute approximate surface area is 96.9 Å². The third kappa shape index (κ3) is 3.11. The van der Waals surface area contributed by atoms with Gasteiger partial charge < -0.3 is 20.2 Å². The molecule has 0 spiro atoms. The average molecular weight is 244 g/mol. The van der Waals surface area contributed by atoms with E-state index in [-0.39, 0.29) is 32.1 Å². The summed E-state index contributed by atoms with van der Waals surface area (Å²) in [6.45, 7) is -0.377. The Hall–Kier alpha value is -1.73. The summed E-state index contributed by atoms with van der Waals surface area (Å²) in [7, 11) is 0. The van der Waals surface area contributed by atoms with Crippen molar-refractivity contribution in [1.82, 2.24) is 4.98 Å². The van der Waals surface area contributed by atoms with Crippen LogP contribution in [0.25, 0.3) is 0 Å². The molecule has 94 valence electrons. The van der Waals surface area contributed by atoms with Crippen molar-refractivity contribution in [2.24, 2.45) is 0 Å². The molecular weight excluding hydrogens is 231 g/mol. The number of carbonyl (C=O) groups is 1. The van der Waals surface area contributed by atoms with Crippen molar-refractivity contribution in [1.29, 1.82) is 0 Å². The molecule has 1 aromatic heterocycles. The molecule has 6 nitrogen and oxygen atoms in total. The fourth-order valence-corrected chi connectivity index (χ4v) is 1.38. The smallest absolute Gasteiger partial charge is 0.338 e. The Morgan fingerprint density at radius 2 is 1.94 bits per heavy atom. The van der Waals surface area contributed by atoms with E-state index < -0.39 is 17.3 Å². The van der Waals surface area contributed by atoms with Gasteiger partial charge in [0.1, 0.15) is 5.56 Å². The number of aliphatic hydroxyl groups excluding tert-OH is 2. The van der Waals surface area contributed by atoms with Gasteiger partial charge in [0, 0.05) is 19.3 Å². The van der Waals surface area contributed by atoms with Crippen LogP contribution < -0.4 is 4.90 Å². The highest BCUT2D eigenvalue weighted by Gasteiger charge is 2.19. The van der Waals surface area contributed by atoms with Gasteiger partial charge in [0.15, 0.2) is 11.6 Å². The molecule has 0 unspecified atom stereocenters. The Balaban J connectivity index is 3.10. The van der Waals surface area contributed by atoms with E-state index in [2.05, 4.69) is 4.98 Å². The number of carboxylic acid groups (broad SMARTS) is 1. The summed E-state index contributed by atoms with van der Waals surface area (Å²) >= 11 is 0. The summed E-state index contributed by atoms with van der Waals surface area (Å²) in [5.41, 5.74) is -0.490. The van der Waals surface area contributed by atoms with E-state index in [9.17, 15) is 9.18 Å². The predicted molar refractivity (Wildman–Crippen MR) is 57.5 cm³/mol. The number of nitrogens with zero attached hydrogens (tertiary/aromatic N) is 2. The molecule has 0 aliphatic rings.